The van der Waals surface area contributed by atoms with E-state index in [1.165, 1.54) is 0 Å². The molecule has 14 heavy (non-hydrogen) atoms. The molecule has 1 aromatic heterocycles. The van der Waals surface area contributed by atoms with E-state index in [1.54, 1.807) is 12.1 Å². The van der Waals surface area contributed by atoms with Crippen molar-refractivity contribution in [3.05, 3.63) is 41.0 Å². The van der Waals surface area contributed by atoms with Gasteiger partial charge in [-0.2, -0.15) is 0 Å². The highest BCUT2D eigenvalue weighted by Crippen LogP contribution is 2.27. The molecule has 2 aromatic rings. The number of benzene rings is 1. The van der Waals surface area contributed by atoms with Crippen LogP contribution in [0.25, 0.3) is 11.3 Å². The maximum Gasteiger partial charge on any atom is 0.176 e. The third-order valence-corrected chi connectivity index (χ3v) is 2.10. The highest BCUT2D eigenvalue weighted by atomic mass is 35.5. The minimum absolute atomic E-state index is 0.187. The Kier molecular flexibility index (Phi) is 2.52. The van der Waals surface area contributed by atoms with E-state index >= 15 is 0 Å². The summed E-state index contributed by atoms with van der Waals surface area (Å²) >= 11 is 5.94. The van der Waals surface area contributed by atoms with Crippen LogP contribution in [-0.4, -0.2) is 10.3 Å². The Morgan fingerprint density at radius 3 is 2.86 bits per heavy atom. The number of hydrogen-bond acceptors (Lipinski definition) is 3. The molecule has 3 nitrogen and oxygen atoms in total. The van der Waals surface area contributed by atoms with E-state index in [0.717, 1.165) is 5.56 Å². The van der Waals surface area contributed by atoms with Gasteiger partial charge in [0.1, 0.15) is 5.69 Å². The first-order valence-electron chi connectivity index (χ1n) is 4.05. The monoisotopic (exact) mass is 208 g/mol. The van der Waals surface area contributed by atoms with Crippen molar-refractivity contribution in [2.75, 3.05) is 0 Å². The molecule has 0 aliphatic heterocycles. The number of hydrogen-bond donors (Lipinski definition) is 1. The lowest BCUT2D eigenvalue weighted by molar-refractivity contribution is 0.267. The maximum atomic E-state index is 8.78. The van der Waals surface area contributed by atoms with Crippen LogP contribution in [0, 0.1) is 6.07 Å². The molecule has 0 aliphatic rings. The molecule has 1 aromatic carbocycles. The molecule has 0 unspecified atom stereocenters. The van der Waals surface area contributed by atoms with Gasteiger partial charge in [0, 0.05) is 5.56 Å². The molecule has 2 rings (SSSR count). The van der Waals surface area contributed by atoms with Gasteiger partial charge >= 0.3 is 0 Å². The molecule has 1 heterocycles. The molecule has 0 fully saturated rings. The van der Waals surface area contributed by atoms with E-state index in [-0.39, 0.29) is 6.61 Å². The Labute approximate surface area is 85.9 Å². The molecule has 0 atom stereocenters. The normalized spacial score (nSPS) is 10.4. The summed E-state index contributed by atoms with van der Waals surface area (Å²) in [5.41, 5.74) is 1.10. The molecule has 0 saturated heterocycles. The topological polar surface area (TPSA) is 46.3 Å². The fourth-order valence-corrected chi connectivity index (χ4v) is 1.33. The summed E-state index contributed by atoms with van der Waals surface area (Å²) in [5.74, 6) is 0.444. The number of halogens is 1. The highest BCUT2D eigenvalue weighted by Gasteiger charge is 2.09. The van der Waals surface area contributed by atoms with Gasteiger partial charge in [-0.3, -0.25) is 0 Å². The second-order valence-corrected chi connectivity index (χ2v) is 3.13. The van der Waals surface area contributed by atoms with E-state index in [9.17, 15) is 0 Å². The molecule has 4 heteroatoms. The fourth-order valence-electron chi connectivity index (χ4n) is 1.11. The minimum Gasteiger partial charge on any atom is -0.390 e. The van der Waals surface area contributed by atoms with Gasteiger partial charge in [-0.05, 0) is 12.1 Å². The molecule has 0 bridgehead atoms. The van der Waals surface area contributed by atoms with Crippen molar-refractivity contribution in [1.82, 2.24) is 5.16 Å². The van der Waals surface area contributed by atoms with Crippen molar-refractivity contribution in [2.24, 2.45) is 0 Å². The van der Waals surface area contributed by atoms with Gasteiger partial charge in [0.05, 0.1) is 17.7 Å². The van der Waals surface area contributed by atoms with E-state index < -0.39 is 0 Å². The van der Waals surface area contributed by atoms with Gasteiger partial charge in [0.2, 0.25) is 0 Å². The van der Waals surface area contributed by atoms with E-state index in [1.807, 2.05) is 12.1 Å². The summed E-state index contributed by atoms with van der Waals surface area (Å²) in [6, 6.07) is 10.0. The number of aliphatic hydroxyl groups excluding tert-OH is 1. The maximum absolute atomic E-state index is 8.78. The quantitative estimate of drug-likeness (QED) is 0.824. The molecule has 71 valence electrons. The Bertz CT molecular complexity index is 439. The average molecular weight is 209 g/mol. The van der Waals surface area contributed by atoms with Crippen molar-refractivity contribution in [3.63, 3.8) is 0 Å². The standard InChI is InChI=1S/C10H7ClNO2/c11-9-4-2-1-3-8(9)10-5-7(6-13)12-14-10/h1-4,13H,6H2. The van der Waals surface area contributed by atoms with Crippen LogP contribution in [-0.2, 0) is 6.61 Å². The summed E-state index contributed by atoms with van der Waals surface area (Å²) < 4.78 is 4.97. The van der Waals surface area contributed by atoms with Crippen molar-refractivity contribution in [2.45, 2.75) is 6.61 Å². The lowest BCUT2D eigenvalue weighted by atomic mass is 10.1. The van der Waals surface area contributed by atoms with Crippen LogP contribution in [0.3, 0.4) is 0 Å². The minimum atomic E-state index is -0.187. The smallest absolute Gasteiger partial charge is 0.176 e. The largest absolute Gasteiger partial charge is 0.390 e. The average Bonchev–Trinajstić information content (AvgIpc) is 2.67. The Morgan fingerprint density at radius 1 is 1.43 bits per heavy atom. The fraction of sp³-hybridized carbons (Fsp3) is 0.100. The lowest BCUT2D eigenvalue weighted by Gasteiger charge is -1.96. The van der Waals surface area contributed by atoms with Crippen LogP contribution in [0.15, 0.2) is 28.8 Å². The van der Waals surface area contributed by atoms with E-state index in [4.69, 9.17) is 21.2 Å². The van der Waals surface area contributed by atoms with Gasteiger partial charge in [-0.15, -0.1) is 0 Å². The molecule has 0 amide bonds. The van der Waals surface area contributed by atoms with E-state index in [0.29, 0.717) is 16.5 Å². The third kappa shape index (κ3) is 1.64. The number of rotatable bonds is 2. The Morgan fingerprint density at radius 2 is 2.21 bits per heavy atom. The summed E-state index contributed by atoms with van der Waals surface area (Å²) in [6.45, 7) is -0.187. The molecule has 0 saturated carbocycles. The van der Waals surface area contributed by atoms with Gasteiger partial charge in [0.25, 0.3) is 0 Å². The Balaban J connectivity index is 2.44. The second kappa shape index (κ2) is 3.82. The number of nitrogens with zero attached hydrogens (tertiary/aromatic N) is 1. The van der Waals surface area contributed by atoms with Crippen LogP contribution in [0.5, 0.6) is 0 Å². The first-order valence-corrected chi connectivity index (χ1v) is 4.42. The van der Waals surface area contributed by atoms with Crippen LogP contribution in [0.4, 0.5) is 0 Å². The SMILES string of the molecule is OCc1[c]c(-c2ccccc2Cl)on1. The number of aromatic nitrogens is 1. The van der Waals surface area contributed by atoms with E-state index in [2.05, 4.69) is 11.2 Å². The zero-order chi connectivity index (χ0) is 9.97. The zero-order valence-corrected chi connectivity index (χ0v) is 7.95. The molecular formula is C10H7ClNO2. The summed E-state index contributed by atoms with van der Waals surface area (Å²) in [4.78, 5) is 0. The second-order valence-electron chi connectivity index (χ2n) is 2.72. The first-order chi connectivity index (χ1) is 6.81. The van der Waals surface area contributed by atoms with Crippen LogP contribution >= 0.6 is 11.6 Å². The summed E-state index contributed by atoms with van der Waals surface area (Å²) in [7, 11) is 0. The summed E-state index contributed by atoms with van der Waals surface area (Å²) in [5, 5.41) is 13.0. The predicted octanol–water partition coefficient (Wildman–Crippen LogP) is 2.29. The third-order valence-electron chi connectivity index (χ3n) is 1.77. The molecule has 1 radical (unpaired) electrons. The molecule has 1 N–H and O–H groups in total. The van der Waals surface area contributed by atoms with Crippen LogP contribution in [0.1, 0.15) is 5.69 Å². The molecular weight excluding hydrogens is 202 g/mol. The first kappa shape index (κ1) is 9.24. The van der Waals surface area contributed by atoms with Crippen molar-refractivity contribution in [3.8, 4) is 11.3 Å². The van der Waals surface area contributed by atoms with Crippen molar-refractivity contribution >= 4 is 11.6 Å². The zero-order valence-electron chi connectivity index (χ0n) is 7.20. The van der Waals surface area contributed by atoms with Gasteiger partial charge in [0.15, 0.2) is 5.76 Å². The van der Waals surface area contributed by atoms with Crippen molar-refractivity contribution < 1.29 is 9.63 Å². The van der Waals surface area contributed by atoms with Crippen LogP contribution < -0.4 is 0 Å². The van der Waals surface area contributed by atoms with Gasteiger partial charge in [-0.1, -0.05) is 28.9 Å². The van der Waals surface area contributed by atoms with Gasteiger partial charge in [-0.25, -0.2) is 0 Å². The molecule has 0 aliphatic carbocycles. The highest BCUT2D eigenvalue weighted by molar-refractivity contribution is 6.33. The molecule has 0 spiro atoms. The Hall–Kier alpha value is -1.32. The van der Waals surface area contributed by atoms with Crippen molar-refractivity contribution in [1.29, 1.82) is 0 Å². The predicted molar refractivity (Wildman–Crippen MR) is 51.7 cm³/mol. The lowest BCUT2D eigenvalue weighted by Crippen LogP contribution is -1.79. The van der Waals surface area contributed by atoms with Crippen LogP contribution in [0.2, 0.25) is 5.02 Å². The van der Waals surface area contributed by atoms with Gasteiger partial charge < -0.3 is 9.63 Å². The summed E-state index contributed by atoms with van der Waals surface area (Å²) in [6.07, 6.45) is 0. The number of aliphatic hydroxyl groups is 1.